The number of nitrogens with zero attached hydrogens (tertiary/aromatic N) is 3. The molecule has 0 aliphatic rings. The molecular weight excluding hydrogens is 320 g/mol. The number of nitrogens with one attached hydrogen (secondary N) is 1. The molecule has 8 heteroatoms. The Labute approximate surface area is 148 Å². The summed E-state index contributed by atoms with van der Waals surface area (Å²) in [5.74, 6) is 11.0. The van der Waals surface area contributed by atoms with Crippen molar-refractivity contribution in [1.82, 2.24) is 10.4 Å². The maximum absolute atomic E-state index is 8.94. The highest BCUT2D eigenvalue weighted by atomic mass is 16.5. The molecule has 0 saturated carbocycles. The van der Waals surface area contributed by atoms with E-state index in [0.29, 0.717) is 18.9 Å². The third-order valence-corrected chi connectivity index (χ3v) is 3.37. The van der Waals surface area contributed by atoms with Gasteiger partial charge in [0.05, 0.1) is 5.69 Å². The van der Waals surface area contributed by atoms with Crippen molar-refractivity contribution in [1.29, 1.82) is 0 Å². The van der Waals surface area contributed by atoms with Gasteiger partial charge in [-0.2, -0.15) is 0 Å². The van der Waals surface area contributed by atoms with Crippen LogP contribution in [0.15, 0.2) is 36.5 Å². The van der Waals surface area contributed by atoms with Crippen LogP contribution in [0, 0.1) is 6.92 Å². The summed E-state index contributed by atoms with van der Waals surface area (Å²) >= 11 is 0. The fraction of sp³-hybridized carbons (Fsp3) is 0.294. The number of pyridine rings is 1. The van der Waals surface area contributed by atoms with Gasteiger partial charge in [-0.1, -0.05) is 12.1 Å². The lowest BCUT2D eigenvalue weighted by molar-refractivity contribution is -0.109. The van der Waals surface area contributed by atoms with E-state index in [-0.39, 0.29) is 0 Å². The van der Waals surface area contributed by atoms with Gasteiger partial charge < -0.3 is 14.6 Å². The second-order valence-corrected chi connectivity index (χ2v) is 5.48. The van der Waals surface area contributed by atoms with E-state index < -0.39 is 0 Å². The van der Waals surface area contributed by atoms with Crippen molar-refractivity contribution in [2.75, 3.05) is 31.1 Å². The normalized spacial score (nSPS) is 9.52. The zero-order valence-corrected chi connectivity index (χ0v) is 15.1. The first-order valence-electron chi connectivity index (χ1n) is 7.64. The van der Waals surface area contributed by atoms with Crippen LogP contribution in [0.2, 0.25) is 0 Å². The number of carbonyl (C=O) groups excluding carboxylic acids is 1. The van der Waals surface area contributed by atoms with Crippen LogP contribution in [0.5, 0.6) is 5.88 Å². The minimum absolute atomic E-state index is 0.403. The zero-order valence-electron chi connectivity index (χ0n) is 15.1. The Bertz CT molecular complexity index is 650. The summed E-state index contributed by atoms with van der Waals surface area (Å²) in [5.41, 5.74) is 5.83. The van der Waals surface area contributed by atoms with E-state index in [9.17, 15) is 0 Å². The first kappa shape index (κ1) is 20.2. The molecular formula is C17H26N6O2. The van der Waals surface area contributed by atoms with E-state index in [4.69, 9.17) is 15.4 Å². The topological polar surface area (TPSA) is 110 Å². The number of amides is 1. The predicted octanol–water partition coefficient (Wildman–Crippen LogP) is 0.951. The molecule has 0 atom stereocenters. The molecule has 2 rings (SSSR count). The largest absolute Gasteiger partial charge is 0.472 e. The molecule has 0 fully saturated rings. The fourth-order valence-electron chi connectivity index (χ4n) is 2.22. The first-order chi connectivity index (χ1) is 11.9. The maximum Gasteiger partial charge on any atom is 0.221 e. The highest BCUT2D eigenvalue weighted by Crippen LogP contribution is 2.29. The summed E-state index contributed by atoms with van der Waals surface area (Å²) in [4.78, 5) is 15.3. The minimum Gasteiger partial charge on any atom is -0.472 e. The maximum atomic E-state index is 8.94. The van der Waals surface area contributed by atoms with Crippen LogP contribution in [-0.4, -0.2) is 32.5 Å². The number of anilines is 2. The molecule has 5 N–H and O–H groups in total. The van der Waals surface area contributed by atoms with Crippen molar-refractivity contribution in [2.45, 2.75) is 13.5 Å². The van der Waals surface area contributed by atoms with Gasteiger partial charge in [-0.05, 0) is 25.1 Å². The van der Waals surface area contributed by atoms with Crippen molar-refractivity contribution >= 4 is 17.8 Å². The molecule has 1 aromatic heterocycles. The second-order valence-electron chi connectivity index (χ2n) is 5.48. The van der Waals surface area contributed by atoms with E-state index >= 15 is 0 Å². The Balaban J connectivity index is 0.000000705. The molecule has 0 aliphatic heterocycles. The van der Waals surface area contributed by atoms with E-state index in [0.717, 1.165) is 22.5 Å². The zero-order chi connectivity index (χ0) is 18.8. The number of hydrogen-bond donors (Lipinski definition) is 3. The molecule has 0 radical (unpaired) electrons. The molecule has 1 heterocycles. The number of carbonyl (C=O) groups is 1. The van der Waals surface area contributed by atoms with Crippen molar-refractivity contribution in [3.8, 4) is 5.88 Å². The summed E-state index contributed by atoms with van der Waals surface area (Å²) in [6.45, 7) is 2.40. The van der Waals surface area contributed by atoms with Crippen LogP contribution in [0.1, 0.15) is 11.1 Å². The van der Waals surface area contributed by atoms with Crippen LogP contribution < -0.4 is 31.8 Å². The highest BCUT2D eigenvalue weighted by molar-refractivity contribution is 5.66. The van der Waals surface area contributed by atoms with Crippen LogP contribution in [0.3, 0.4) is 0 Å². The first-order valence-corrected chi connectivity index (χ1v) is 7.64. The van der Waals surface area contributed by atoms with Gasteiger partial charge in [0.15, 0.2) is 0 Å². The van der Waals surface area contributed by atoms with Crippen LogP contribution in [-0.2, 0) is 11.4 Å². The van der Waals surface area contributed by atoms with Crippen LogP contribution >= 0.6 is 0 Å². The SMILES string of the molecule is Cc1cccnc1OCc1c(N(C)C)cccc1N(C)N.NNC=O. The lowest BCUT2D eigenvalue weighted by Gasteiger charge is -2.23. The lowest BCUT2D eigenvalue weighted by atomic mass is 10.1. The molecule has 136 valence electrons. The monoisotopic (exact) mass is 346 g/mol. The minimum atomic E-state index is 0.403. The number of aromatic nitrogens is 1. The molecule has 25 heavy (non-hydrogen) atoms. The van der Waals surface area contributed by atoms with E-state index in [1.165, 1.54) is 0 Å². The Morgan fingerprint density at radius 1 is 1.20 bits per heavy atom. The Morgan fingerprint density at radius 2 is 1.84 bits per heavy atom. The van der Waals surface area contributed by atoms with Gasteiger partial charge in [0, 0.05) is 44.2 Å². The smallest absolute Gasteiger partial charge is 0.221 e. The van der Waals surface area contributed by atoms with E-state index in [1.54, 1.807) is 16.6 Å². The average Bonchev–Trinajstić information content (AvgIpc) is 2.60. The Morgan fingerprint density at radius 3 is 2.36 bits per heavy atom. The number of hydrazine groups is 2. The summed E-state index contributed by atoms with van der Waals surface area (Å²) < 4.78 is 5.88. The molecule has 0 unspecified atom stereocenters. The standard InChI is InChI=1S/C16H22N4O.CH4N2O/c1-12-7-6-10-18-16(12)21-11-13-14(19(2)3)8-5-9-15(13)20(4)17;2-3-1-4/h5-10H,11,17H2,1-4H3;1H,2H2,(H,3,4). The summed E-state index contributed by atoms with van der Waals surface area (Å²) in [5, 5.41) is 1.61. The summed E-state index contributed by atoms with van der Waals surface area (Å²) in [7, 11) is 5.83. The Hall–Kier alpha value is -2.84. The number of rotatable bonds is 6. The van der Waals surface area contributed by atoms with Gasteiger partial charge in [-0.3, -0.25) is 10.2 Å². The van der Waals surface area contributed by atoms with Gasteiger partial charge in [0.2, 0.25) is 12.3 Å². The third-order valence-electron chi connectivity index (χ3n) is 3.37. The lowest BCUT2D eigenvalue weighted by Crippen LogP contribution is -2.27. The summed E-state index contributed by atoms with van der Waals surface area (Å²) in [6.07, 6.45) is 2.14. The average molecular weight is 346 g/mol. The second kappa shape index (κ2) is 10.1. The summed E-state index contributed by atoms with van der Waals surface area (Å²) in [6, 6.07) is 9.91. The Kier molecular flexibility index (Phi) is 8.17. The van der Waals surface area contributed by atoms with Gasteiger partial charge >= 0.3 is 0 Å². The molecule has 1 amide bonds. The van der Waals surface area contributed by atoms with Crippen LogP contribution in [0.4, 0.5) is 11.4 Å². The molecule has 0 saturated heterocycles. The molecule has 2 aromatic rings. The van der Waals surface area contributed by atoms with Gasteiger partial charge in [0.1, 0.15) is 6.61 Å². The number of aryl methyl sites for hydroxylation is 1. The highest BCUT2D eigenvalue weighted by Gasteiger charge is 2.13. The molecule has 0 spiro atoms. The third kappa shape index (κ3) is 5.94. The fourth-order valence-corrected chi connectivity index (χ4v) is 2.22. The number of ether oxygens (including phenoxy) is 1. The predicted molar refractivity (Wildman–Crippen MR) is 100 cm³/mol. The van der Waals surface area contributed by atoms with E-state index in [1.807, 2.05) is 52.3 Å². The molecule has 0 bridgehead atoms. The van der Waals surface area contributed by atoms with Gasteiger partial charge in [0.25, 0.3) is 0 Å². The van der Waals surface area contributed by atoms with Crippen molar-refractivity contribution in [3.63, 3.8) is 0 Å². The van der Waals surface area contributed by atoms with E-state index in [2.05, 4.69) is 21.8 Å². The number of hydrogen-bond acceptors (Lipinski definition) is 7. The number of nitrogens with two attached hydrogens (primary N) is 2. The van der Waals surface area contributed by atoms with Gasteiger partial charge in [-0.15, -0.1) is 0 Å². The molecule has 1 aromatic carbocycles. The van der Waals surface area contributed by atoms with Crippen molar-refractivity contribution < 1.29 is 9.53 Å². The van der Waals surface area contributed by atoms with Crippen LogP contribution in [0.25, 0.3) is 0 Å². The van der Waals surface area contributed by atoms with Gasteiger partial charge in [-0.25, -0.2) is 16.7 Å². The number of benzene rings is 1. The van der Waals surface area contributed by atoms with Crippen molar-refractivity contribution in [2.24, 2.45) is 11.7 Å². The quantitative estimate of drug-likeness (QED) is 0.309. The van der Waals surface area contributed by atoms with Crippen molar-refractivity contribution in [3.05, 3.63) is 47.7 Å². The molecule has 8 nitrogen and oxygen atoms in total. The molecule has 0 aliphatic carbocycles.